The first-order chi connectivity index (χ1) is 23.4. The molecule has 0 radical (unpaired) electrons. The third kappa shape index (κ3) is 9.47. The lowest BCUT2D eigenvalue weighted by atomic mass is 10.0. The van der Waals surface area contributed by atoms with Gasteiger partial charge in [-0.25, -0.2) is 8.42 Å². The number of anilines is 1. The standard InChI is InChI=1S/C37H41Cl2N3O6S/c1-6-26(3)40-37(44)33(21-27-10-8-7-9-11-27)41(23-28-14-18-31(38)32(39)20-28)36(43)24-42(29-15-19-34(47-4)35(22-29)48-5)49(45,46)30-16-12-25(2)13-17-30/h7-20,22,26,33H,6,21,23-24H2,1-5H3,(H,40,44)/t26-,33-/m1/s1. The topological polar surface area (TPSA) is 105 Å². The third-order valence-electron chi connectivity index (χ3n) is 8.15. The van der Waals surface area contributed by atoms with Crippen LogP contribution in [0.3, 0.4) is 0 Å². The number of aryl methyl sites for hydroxylation is 1. The molecule has 0 aliphatic heterocycles. The van der Waals surface area contributed by atoms with Crippen LogP contribution in [-0.4, -0.2) is 58.0 Å². The van der Waals surface area contributed by atoms with Crippen LogP contribution in [0.4, 0.5) is 5.69 Å². The Morgan fingerprint density at radius 2 is 1.51 bits per heavy atom. The van der Waals surface area contributed by atoms with Crippen LogP contribution in [0, 0.1) is 6.92 Å². The van der Waals surface area contributed by atoms with Gasteiger partial charge in [0.1, 0.15) is 12.6 Å². The Morgan fingerprint density at radius 1 is 0.837 bits per heavy atom. The summed E-state index contributed by atoms with van der Waals surface area (Å²) in [6.45, 7) is 5.01. The highest BCUT2D eigenvalue weighted by Gasteiger charge is 2.35. The lowest BCUT2D eigenvalue weighted by Gasteiger charge is -2.34. The number of hydrogen-bond donors (Lipinski definition) is 1. The lowest BCUT2D eigenvalue weighted by Crippen LogP contribution is -2.54. The van der Waals surface area contributed by atoms with Gasteiger partial charge in [-0.3, -0.25) is 13.9 Å². The van der Waals surface area contributed by atoms with E-state index in [1.54, 1.807) is 42.5 Å². The Morgan fingerprint density at radius 3 is 2.12 bits per heavy atom. The summed E-state index contributed by atoms with van der Waals surface area (Å²) in [4.78, 5) is 30.1. The van der Waals surface area contributed by atoms with Gasteiger partial charge in [0.05, 0.1) is 34.8 Å². The Kier molecular flexibility index (Phi) is 13.0. The predicted octanol–water partition coefficient (Wildman–Crippen LogP) is 7.07. The third-order valence-corrected chi connectivity index (χ3v) is 10.7. The first kappa shape index (κ1) is 37.6. The second-order valence-electron chi connectivity index (χ2n) is 11.7. The van der Waals surface area contributed by atoms with Crippen LogP contribution < -0.4 is 19.1 Å². The molecule has 260 valence electrons. The molecule has 9 nitrogen and oxygen atoms in total. The maximum Gasteiger partial charge on any atom is 0.264 e. The minimum atomic E-state index is -4.31. The van der Waals surface area contributed by atoms with Crippen molar-refractivity contribution in [2.24, 2.45) is 0 Å². The summed E-state index contributed by atoms with van der Waals surface area (Å²) >= 11 is 12.6. The number of carbonyl (C=O) groups is 2. The second kappa shape index (κ2) is 16.9. The molecule has 4 rings (SSSR count). The highest BCUT2D eigenvalue weighted by molar-refractivity contribution is 7.92. The number of amides is 2. The van der Waals surface area contributed by atoms with Crippen LogP contribution in [0.2, 0.25) is 10.0 Å². The van der Waals surface area contributed by atoms with Gasteiger partial charge in [0, 0.05) is 25.1 Å². The molecule has 0 spiro atoms. The van der Waals surface area contributed by atoms with Crippen molar-refractivity contribution in [2.75, 3.05) is 25.1 Å². The van der Waals surface area contributed by atoms with E-state index in [0.717, 1.165) is 15.4 Å². The summed E-state index contributed by atoms with van der Waals surface area (Å²) in [5.41, 5.74) is 2.47. The van der Waals surface area contributed by atoms with E-state index in [1.807, 2.05) is 51.1 Å². The molecular formula is C37H41Cl2N3O6S. The van der Waals surface area contributed by atoms with Gasteiger partial charge in [-0.1, -0.05) is 84.2 Å². The fraction of sp³-hybridized carbons (Fsp3) is 0.297. The van der Waals surface area contributed by atoms with Crippen molar-refractivity contribution in [3.05, 3.63) is 118 Å². The van der Waals surface area contributed by atoms with Crippen LogP contribution in [-0.2, 0) is 32.6 Å². The average Bonchev–Trinajstić information content (AvgIpc) is 3.10. The number of ether oxygens (including phenoxy) is 2. The van der Waals surface area contributed by atoms with E-state index in [4.69, 9.17) is 32.7 Å². The van der Waals surface area contributed by atoms with Crippen molar-refractivity contribution in [3.8, 4) is 11.5 Å². The minimum Gasteiger partial charge on any atom is -0.493 e. The summed E-state index contributed by atoms with van der Waals surface area (Å²) < 4.78 is 40.6. The van der Waals surface area contributed by atoms with E-state index in [0.29, 0.717) is 22.8 Å². The van der Waals surface area contributed by atoms with Gasteiger partial charge < -0.3 is 19.7 Å². The molecule has 4 aromatic carbocycles. The summed E-state index contributed by atoms with van der Waals surface area (Å²) in [6.07, 6.45) is 0.851. The highest BCUT2D eigenvalue weighted by Crippen LogP contribution is 2.34. The van der Waals surface area contributed by atoms with Crippen molar-refractivity contribution >= 4 is 50.7 Å². The quantitative estimate of drug-likeness (QED) is 0.141. The van der Waals surface area contributed by atoms with Crippen molar-refractivity contribution in [1.82, 2.24) is 10.2 Å². The molecule has 0 fully saturated rings. The zero-order chi connectivity index (χ0) is 35.7. The maximum absolute atomic E-state index is 14.7. The predicted molar refractivity (Wildman–Crippen MR) is 194 cm³/mol. The summed E-state index contributed by atoms with van der Waals surface area (Å²) in [5, 5.41) is 3.64. The molecule has 1 N–H and O–H groups in total. The molecule has 0 aliphatic rings. The maximum atomic E-state index is 14.7. The van der Waals surface area contributed by atoms with E-state index in [2.05, 4.69) is 5.32 Å². The van der Waals surface area contributed by atoms with Crippen molar-refractivity contribution < 1.29 is 27.5 Å². The van der Waals surface area contributed by atoms with E-state index in [-0.39, 0.29) is 46.3 Å². The number of sulfonamides is 1. The molecule has 0 aliphatic carbocycles. The minimum absolute atomic E-state index is 0.00735. The number of carbonyl (C=O) groups excluding carboxylic acids is 2. The van der Waals surface area contributed by atoms with Gasteiger partial charge in [-0.15, -0.1) is 0 Å². The number of nitrogens with one attached hydrogen (secondary N) is 1. The Labute approximate surface area is 298 Å². The van der Waals surface area contributed by atoms with Crippen LogP contribution in [0.15, 0.2) is 95.9 Å². The first-order valence-electron chi connectivity index (χ1n) is 15.8. The summed E-state index contributed by atoms with van der Waals surface area (Å²) in [6, 6.07) is 24.1. The Bertz CT molecular complexity index is 1860. The fourth-order valence-corrected chi connectivity index (χ4v) is 6.90. The zero-order valence-corrected chi connectivity index (χ0v) is 30.5. The molecule has 2 amide bonds. The highest BCUT2D eigenvalue weighted by atomic mass is 35.5. The Balaban J connectivity index is 1.86. The van der Waals surface area contributed by atoms with E-state index < -0.39 is 28.5 Å². The molecule has 0 saturated carbocycles. The van der Waals surface area contributed by atoms with Gasteiger partial charge in [-0.05, 0) is 67.8 Å². The zero-order valence-electron chi connectivity index (χ0n) is 28.2. The number of hydrogen-bond acceptors (Lipinski definition) is 6. The number of methoxy groups -OCH3 is 2. The first-order valence-corrected chi connectivity index (χ1v) is 18.0. The van der Waals surface area contributed by atoms with Crippen molar-refractivity contribution in [1.29, 1.82) is 0 Å². The van der Waals surface area contributed by atoms with Crippen LogP contribution in [0.5, 0.6) is 11.5 Å². The van der Waals surface area contributed by atoms with Crippen LogP contribution >= 0.6 is 23.2 Å². The summed E-state index contributed by atoms with van der Waals surface area (Å²) in [5.74, 6) is -0.322. The van der Waals surface area contributed by atoms with Gasteiger partial charge in [0.15, 0.2) is 11.5 Å². The number of nitrogens with zero attached hydrogens (tertiary/aromatic N) is 2. The second-order valence-corrected chi connectivity index (χ2v) is 14.3. The van der Waals surface area contributed by atoms with Crippen LogP contribution in [0.1, 0.15) is 37.0 Å². The SMILES string of the molecule is CC[C@@H](C)NC(=O)[C@@H](Cc1ccccc1)N(Cc1ccc(Cl)c(Cl)c1)C(=O)CN(c1ccc(OC)c(OC)c1)S(=O)(=O)c1ccc(C)cc1. The van der Waals surface area contributed by atoms with Gasteiger partial charge in [0.25, 0.3) is 10.0 Å². The van der Waals surface area contributed by atoms with Gasteiger partial charge >= 0.3 is 0 Å². The smallest absolute Gasteiger partial charge is 0.264 e. The number of rotatable bonds is 15. The van der Waals surface area contributed by atoms with Crippen LogP contribution in [0.25, 0.3) is 0 Å². The normalized spacial score (nSPS) is 12.5. The van der Waals surface area contributed by atoms with Gasteiger partial charge in [-0.2, -0.15) is 0 Å². The Hall–Kier alpha value is -4.25. The molecule has 0 heterocycles. The molecule has 2 atom stereocenters. The van der Waals surface area contributed by atoms with E-state index in [9.17, 15) is 18.0 Å². The molecule has 0 saturated heterocycles. The lowest BCUT2D eigenvalue weighted by molar-refractivity contribution is -0.140. The molecule has 4 aromatic rings. The average molecular weight is 727 g/mol. The number of halogens is 2. The summed E-state index contributed by atoms with van der Waals surface area (Å²) in [7, 11) is -1.40. The molecule has 0 aromatic heterocycles. The van der Waals surface area contributed by atoms with E-state index >= 15 is 0 Å². The molecule has 49 heavy (non-hydrogen) atoms. The molecule has 0 unspecified atom stereocenters. The monoisotopic (exact) mass is 725 g/mol. The molecular weight excluding hydrogens is 685 g/mol. The van der Waals surface area contributed by atoms with Gasteiger partial charge in [0.2, 0.25) is 11.8 Å². The van der Waals surface area contributed by atoms with Crippen molar-refractivity contribution in [2.45, 2.75) is 57.1 Å². The number of benzene rings is 4. The van der Waals surface area contributed by atoms with Crippen molar-refractivity contribution in [3.63, 3.8) is 0 Å². The largest absolute Gasteiger partial charge is 0.493 e. The molecule has 12 heteroatoms. The molecule has 0 bridgehead atoms. The fourth-order valence-electron chi connectivity index (χ4n) is 5.18. The van der Waals surface area contributed by atoms with E-state index in [1.165, 1.54) is 37.3 Å².